The number of methoxy groups -OCH3 is 1. The number of carbonyl (C=O) groups excluding carboxylic acids is 2. The highest BCUT2D eigenvalue weighted by molar-refractivity contribution is 6.31. The molecule has 0 saturated carbocycles. The Labute approximate surface area is 122 Å². The van der Waals surface area contributed by atoms with E-state index in [0.29, 0.717) is 42.2 Å². The van der Waals surface area contributed by atoms with Gasteiger partial charge in [0.2, 0.25) is 0 Å². The second-order valence-electron chi connectivity index (χ2n) is 4.82. The molecule has 108 valence electrons. The Balaban J connectivity index is 2.03. The van der Waals surface area contributed by atoms with Crippen LogP contribution in [0.5, 0.6) is 0 Å². The standard InChI is InChI=1S/C14H17ClN2O3/c1-20-14(19)9-4-6-17(7-5-9)13(18)11-3-2-10(15)8-12(11)16/h2-3,8-9H,4-7,16H2,1H3. The van der Waals surface area contributed by atoms with Gasteiger partial charge in [0.1, 0.15) is 0 Å². The number of carbonyl (C=O) groups is 2. The third-order valence-electron chi connectivity index (χ3n) is 3.56. The van der Waals surface area contributed by atoms with E-state index in [1.165, 1.54) is 7.11 Å². The molecule has 0 spiro atoms. The number of nitrogen functional groups attached to an aromatic ring is 1. The molecule has 1 saturated heterocycles. The van der Waals surface area contributed by atoms with Crippen LogP contribution in [0.25, 0.3) is 0 Å². The fourth-order valence-corrected chi connectivity index (χ4v) is 2.56. The highest BCUT2D eigenvalue weighted by Gasteiger charge is 2.28. The number of nitrogens with zero attached hydrogens (tertiary/aromatic N) is 1. The Bertz CT molecular complexity index is 525. The van der Waals surface area contributed by atoms with Gasteiger partial charge >= 0.3 is 5.97 Å². The van der Waals surface area contributed by atoms with Crippen molar-refractivity contribution in [3.8, 4) is 0 Å². The second kappa shape index (κ2) is 6.13. The minimum atomic E-state index is -0.205. The predicted molar refractivity (Wildman–Crippen MR) is 76.5 cm³/mol. The molecule has 1 aromatic carbocycles. The maximum Gasteiger partial charge on any atom is 0.308 e. The Morgan fingerprint density at radius 3 is 2.55 bits per heavy atom. The monoisotopic (exact) mass is 296 g/mol. The van der Waals surface area contributed by atoms with E-state index < -0.39 is 0 Å². The molecule has 1 aliphatic rings. The van der Waals surface area contributed by atoms with Gasteiger partial charge in [-0.3, -0.25) is 9.59 Å². The minimum absolute atomic E-state index is 0.119. The van der Waals surface area contributed by atoms with Gasteiger partial charge in [-0.25, -0.2) is 0 Å². The Hall–Kier alpha value is -1.75. The third-order valence-corrected chi connectivity index (χ3v) is 3.80. The van der Waals surface area contributed by atoms with Crippen molar-refractivity contribution in [1.29, 1.82) is 0 Å². The fraction of sp³-hybridized carbons (Fsp3) is 0.429. The molecular formula is C14H17ClN2O3. The van der Waals surface area contributed by atoms with Crippen LogP contribution in [0.4, 0.5) is 5.69 Å². The quantitative estimate of drug-likeness (QED) is 0.669. The lowest BCUT2D eigenvalue weighted by Gasteiger charge is -2.31. The number of ether oxygens (including phenoxy) is 1. The van der Waals surface area contributed by atoms with E-state index in [1.807, 2.05) is 0 Å². The SMILES string of the molecule is COC(=O)C1CCN(C(=O)c2ccc(Cl)cc2N)CC1. The maximum absolute atomic E-state index is 12.4. The van der Waals surface area contributed by atoms with Gasteiger partial charge in [-0.15, -0.1) is 0 Å². The van der Waals surface area contributed by atoms with Crippen LogP contribution in [-0.4, -0.2) is 37.0 Å². The van der Waals surface area contributed by atoms with Crippen LogP contribution in [0.1, 0.15) is 23.2 Å². The molecule has 20 heavy (non-hydrogen) atoms. The summed E-state index contributed by atoms with van der Waals surface area (Å²) in [7, 11) is 1.38. The molecule has 0 aliphatic carbocycles. The van der Waals surface area contributed by atoms with Crippen molar-refractivity contribution >= 4 is 29.2 Å². The zero-order valence-electron chi connectivity index (χ0n) is 11.3. The molecular weight excluding hydrogens is 280 g/mol. The van der Waals surface area contributed by atoms with Crippen molar-refractivity contribution in [2.24, 2.45) is 5.92 Å². The van der Waals surface area contributed by atoms with Gasteiger partial charge in [0.05, 0.1) is 18.6 Å². The van der Waals surface area contributed by atoms with E-state index in [9.17, 15) is 9.59 Å². The number of anilines is 1. The molecule has 1 aromatic rings. The first-order valence-electron chi connectivity index (χ1n) is 6.45. The number of benzene rings is 1. The van der Waals surface area contributed by atoms with Crippen LogP contribution >= 0.6 is 11.6 Å². The van der Waals surface area contributed by atoms with Gasteiger partial charge in [-0.2, -0.15) is 0 Å². The average Bonchev–Trinajstić information content (AvgIpc) is 2.46. The molecule has 1 heterocycles. The molecule has 0 atom stereocenters. The van der Waals surface area contributed by atoms with Gasteiger partial charge in [-0.1, -0.05) is 11.6 Å². The smallest absolute Gasteiger partial charge is 0.308 e. The van der Waals surface area contributed by atoms with Crippen molar-refractivity contribution in [2.45, 2.75) is 12.8 Å². The number of rotatable bonds is 2. The fourth-order valence-electron chi connectivity index (χ4n) is 2.38. The highest BCUT2D eigenvalue weighted by atomic mass is 35.5. The van der Waals surface area contributed by atoms with Gasteiger partial charge in [-0.05, 0) is 31.0 Å². The molecule has 0 bridgehead atoms. The summed E-state index contributed by atoms with van der Waals surface area (Å²) in [6.07, 6.45) is 1.23. The average molecular weight is 297 g/mol. The van der Waals surface area contributed by atoms with Crippen LogP contribution in [-0.2, 0) is 9.53 Å². The van der Waals surface area contributed by atoms with E-state index in [2.05, 4.69) is 0 Å². The topological polar surface area (TPSA) is 72.6 Å². The molecule has 0 radical (unpaired) electrons. The zero-order valence-corrected chi connectivity index (χ0v) is 12.0. The lowest BCUT2D eigenvalue weighted by molar-refractivity contribution is -0.146. The minimum Gasteiger partial charge on any atom is -0.469 e. The summed E-state index contributed by atoms with van der Waals surface area (Å²) in [5, 5.41) is 0.503. The van der Waals surface area contributed by atoms with E-state index in [1.54, 1.807) is 23.1 Å². The molecule has 2 rings (SSSR count). The van der Waals surface area contributed by atoms with Gasteiger partial charge in [0.15, 0.2) is 0 Å². The highest BCUT2D eigenvalue weighted by Crippen LogP contribution is 2.23. The predicted octanol–water partition coefficient (Wildman–Crippen LogP) is 1.95. The van der Waals surface area contributed by atoms with E-state index >= 15 is 0 Å². The van der Waals surface area contributed by atoms with Crippen molar-refractivity contribution < 1.29 is 14.3 Å². The summed E-state index contributed by atoms with van der Waals surface area (Å²) in [6, 6.07) is 4.84. The molecule has 2 N–H and O–H groups in total. The maximum atomic E-state index is 12.4. The number of hydrogen-bond donors (Lipinski definition) is 1. The Morgan fingerprint density at radius 1 is 1.35 bits per heavy atom. The van der Waals surface area contributed by atoms with Gasteiger partial charge in [0.25, 0.3) is 5.91 Å². The molecule has 1 amide bonds. The number of nitrogens with two attached hydrogens (primary N) is 1. The summed E-state index contributed by atoms with van der Waals surface area (Å²) in [4.78, 5) is 25.5. The first kappa shape index (κ1) is 14.7. The van der Waals surface area contributed by atoms with Gasteiger partial charge in [0, 0.05) is 23.8 Å². The largest absolute Gasteiger partial charge is 0.469 e. The van der Waals surface area contributed by atoms with Crippen LogP contribution in [0.3, 0.4) is 0 Å². The number of piperidine rings is 1. The summed E-state index contributed by atoms with van der Waals surface area (Å²) in [5.41, 5.74) is 6.64. The molecule has 0 aromatic heterocycles. The van der Waals surface area contributed by atoms with Crippen LogP contribution in [0.15, 0.2) is 18.2 Å². The molecule has 1 fully saturated rings. The van der Waals surface area contributed by atoms with Crippen LogP contribution in [0, 0.1) is 5.92 Å². The number of esters is 1. The lowest BCUT2D eigenvalue weighted by atomic mass is 9.96. The number of hydrogen-bond acceptors (Lipinski definition) is 4. The summed E-state index contributed by atoms with van der Waals surface area (Å²) < 4.78 is 4.73. The van der Waals surface area contributed by atoms with Crippen molar-refractivity contribution in [3.05, 3.63) is 28.8 Å². The Morgan fingerprint density at radius 2 is 2.00 bits per heavy atom. The number of likely N-dealkylation sites (tertiary alicyclic amines) is 1. The molecule has 0 unspecified atom stereocenters. The first-order chi connectivity index (χ1) is 9.52. The summed E-state index contributed by atoms with van der Waals surface area (Å²) in [5.74, 6) is -0.447. The van der Waals surface area contributed by atoms with E-state index in [4.69, 9.17) is 22.1 Å². The first-order valence-corrected chi connectivity index (χ1v) is 6.83. The number of amides is 1. The summed E-state index contributed by atoms with van der Waals surface area (Å²) in [6.45, 7) is 1.06. The van der Waals surface area contributed by atoms with E-state index in [0.717, 1.165) is 0 Å². The second-order valence-corrected chi connectivity index (χ2v) is 5.26. The zero-order chi connectivity index (χ0) is 14.7. The molecule has 5 nitrogen and oxygen atoms in total. The summed E-state index contributed by atoms with van der Waals surface area (Å²) >= 11 is 5.82. The van der Waals surface area contributed by atoms with Crippen molar-refractivity contribution in [2.75, 3.05) is 25.9 Å². The molecule has 1 aliphatic heterocycles. The molecule has 6 heteroatoms. The van der Waals surface area contributed by atoms with Crippen LogP contribution in [0.2, 0.25) is 5.02 Å². The Kier molecular flexibility index (Phi) is 4.49. The van der Waals surface area contributed by atoms with Crippen LogP contribution < -0.4 is 5.73 Å². The van der Waals surface area contributed by atoms with E-state index in [-0.39, 0.29) is 17.8 Å². The normalized spacial score (nSPS) is 16.0. The number of halogens is 1. The lowest BCUT2D eigenvalue weighted by Crippen LogP contribution is -2.40. The van der Waals surface area contributed by atoms with Crippen molar-refractivity contribution in [3.63, 3.8) is 0 Å². The third kappa shape index (κ3) is 3.04. The van der Waals surface area contributed by atoms with Crippen molar-refractivity contribution in [1.82, 2.24) is 4.90 Å². The van der Waals surface area contributed by atoms with Gasteiger partial charge < -0.3 is 15.4 Å².